The van der Waals surface area contributed by atoms with Crippen molar-refractivity contribution in [2.45, 2.75) is 43.5 Å². The first-order chi connectivity index (χ1) is 10.0. The lowest BCUT2D eigenvalue weighted by Crippen LogP contribution is -2.42. The highest BCUT2D eigenvalue weighted by atomic mass is 32.2. The van der Waals surface area contributed by atoms with E-state index in [0.717, 1.165) is 45.3 Å². The zero-order valence-corrected chi connectivity index (χ0v) is 13.1. The number of likely N-dealkylation sites (tertiary alicyclic amines) is 1. The Hall–Kier alpha value is -0.990. The van der Waals surface area contributed by atoms with Gasteiger partial charge < -0.3 is 9.84 Å². The third-order valence-corrected chi connectivity index (χ3v) is 5.01. The highest BCUT2D eigenvalue weighted by Crippen LogP contribution is 2.34. The summed E-state index contributed by atoms with van der Waals surface area (Å²) in [5.41, 5.74) is 0. The van der Waals surface area contributed by atoms with Crippen LogP contribution in [0.1, 0.15) is 43.4 Å². The van der Waals surface area contributed by atoms with Crippen molar-refractivity contribution in [1.82, 2.24) is 20.4 Å². The lowest BCUT2D eigenvalue weighted by molar-refractivity contribution is 0.126. The van der Waals surface area contributed by atoms with Crippen molar-refractivity contribution in [3.05, 3.63) is 11.7 Å². The number of hydrogen-bond acceptors (Lipinski definition) is 7. The van der Waals surface area contributed by atoms with E-state index >= 15 is 0 Å². The third-order valence-electron chi connectivity index (χ3n) is 4.23. The van der Waals surface area contributed by atoms with E-state index in [1.54, 1.807) is 0 Å². The molecule has 7 nitrogen and oxygen atoms in total. The molecular formula is C13H22N4O3S. The van der Waals surface area contributed by atoms with Crippen LogP contribution in [0.3, 0.4) is 0 Å². The number of nitrogens with one attached hydrogen (secondary N) is 1. The molecule has 8 heteroatoms. The summed E-state index contributed by atoms with van der Waals surface area (Å²) in [7, 11) is -3.13. The van der Waals surface area contributed by atoms with Crippen molar-refractivity contribution in [3.63, 3.8) is 0 Å². The van der Waals surface area contributed by atoms with Gasteiger partial charge in [0.05, 0.1) is 6.04 Å². The zero-order valence-electron chi connectivity index (χ0n) is 12.3. The molecule has 0 radical (unpaired) electrons. The van der Waals surface area contributed by atoms with Crippen molar-refractivity contribution in [1.29, 1.82) is 0 Å². The monoisotopic (exact) mass is 314 g/mol. The van der Waals surface area contributed by atoms with Gasteiger partial charge in [-0.05, 0) is 45.3 Å². The fourth-order valence-corrected chi connectivity index (χ4v) is 3.91. The Morgan fingerprint density at radius 3 is 2.81 bits per heavy atom. The quantitative estimate of drug-likeness (QED) is 0.866. The molecule has 0 aromatic carbocycles. The van der Waals surface area contributed by atoms with E-state index in [9.17, 15) is 8.42 Å². The van der Waals surface area contributed by atoms with E-state index in [-0.39, 0.29) is 17.6 Å². The molecule has 0 aliphatic carbocycles. The first-order valence-corrected chi connectivity index (χ1v) is 9.55. The minimum atomic E-state index is -3.13. The molecule has 0 spiro atoms. The van der Waals surface area contributed by atoms with Crippen LogP contribution >= 0.6 is 0 Å². The number of rotatable bonds is 4. The summed E-state index contributed by atoms with van der Waals surface area (Å²) in [6.45, 7) is 3.16. The number of piperidine rings is 1. The molecule has 1 N–H and O–H groups in total. The lowest BCUT2D eigenvalue weighted by atomic mass is 10.0. The Kier molecular flexibility index (Phi) is 4.28. The molecule has 2 aliphatic rings. The molecule has 3 rings (SSSR count). The number of sulfone groups is 1. The van der Waals surface area contributed by atoms with Gasteiger partial charge in [0.25, 0.3) is 0 Å². The topological polar surface area (TPSA) is 88.3 Å². The van der Waals surface area contributed by atoms with Crippen molar-refractivity contribution >= 4 is 9.84 Å². The minimum absolute atomic E-state index is 0.147. The maximum atomic E-state index is 11.3. The molecule has 0 bridgehead atoms. The van der Waals surface area contributed by atoms with Crippen LogP contribution in [0.25, 0.3) is 0 Å². The van der Waals surface area contributed by atoms with Crippen LogP contribution in [0.2, 0.25) is 0 Å². The van der Waals surface area contributed by atoms with Crippen LogP contribution in [0, 0.1) is 0 Å². The van der Waals surface area contributed by atoms with Gasteiger partial charge >= 0.3 is 0 Å². The normalized spacial score (nSPS) is 25.5. The van der Waals surface area contributed by atoms with E-state index in [2.05, 4.69) is 20.4 Å². The highest BCUT2D eigenvalue weighted by Gasteiger charge is 2.35. The van der Waals surface area contributed by atoms with Gasteiger partial charge in [-0.3, -0.25) is 4.90 Å². The average molecular weight is 314 g/mol. The van der Waals surface area contributed by atoms with Crippen LogP contribution in [0.4, 0.5) is 0 Å². The summed E-state index contributed by atoms with van der Waals surface area (Å²) in [4.78, 5) is 6.77. The van der Waals surface area contributed by atoms with Gasteiger partial charge in [0.2, 0.25) is 5.89 Å². The summed E-state index contributed by atoms with van der Waals surface area (Å²) in [5, 5.41) is 7.20. The summed E-state index contributed by atoms with van der Waals surface area (Å²) < 4.78 is 27.9. The molecule has 1 atom stereocenters. The summed E-state index contributed by atoms with van der Waals surface area (Å²) >= 11 is 0. The Morgan fingerprint density at radius 2 is 2.10 bits per heavy atom. The Bertz CT molecular complexity index is 580. The minimum Gasteiger partial charge on any atom is -0.338 e. The van der Waals surface area contributed by atoms with Gasteiger partial charge in [0, 0.05) is 12.3 Å². The fourth-order valence-electron chi connectivity index (χ4n) is 3.33. The van der Waals surface area contributed by atoms with Gasteiger partial charge in [0.1, 0.15) is 5.75 Å². The van der Waals surface area contributed by atoms with Crippen LogP contribution in [-0.2, 0) is 15.6 Å². The Balaban J connectivity index is 1.72. The van der Waals surface area contributed by atoms with Crippen LogP contribution in [0.5, 0.6) is 0 Å². The third kappa shape index (κ3) is 3.61. The molecule has 1 aromatic rings. The fraction of sp³-hybridized carbons (Fsp3) is 0.846. The second-order valence-corrected chi connectivity index (χ2v) is 8.14. The Morgan fingerprint density at radius 1 is 1.33 bits per heavy atom. The molecule has 118 valence electrons. The first-order valence-electron chi connectivity index (χ1n) is 7.49. The molecule has 0 amide bonds. The molecule has 2 fully saturated rings. The van der Waals surface area contributed by atoms with Crippen molar-refractivity contribution < 1.29 is 12.9 Å². The van der Waals surface area contributed by atoms with Crippen LogP contribution in [0.15, 0.2) is 4.52 Å². The molecule has 3 heterocycles. The van der Waals surface area contributed by atoms with Crippen molar-refractivity contribution in [3.8, 4) is 0 Å². The first kappa shape index (κ1) is 14.9. The molecule has 1 unspecified atom stereocenters. The molecular weight excluding hydrogens is 292 g/mol. The second-order valence-electron chi connectivity index (χ2n) is 6.00. The zero-order chi connectivity index (χ0) is 14.9. The van der Waals surface area contributed by atoms with Crippen molar-refractivity contribution in [2.75, 3.05) is 25.9 Å². The van der Waals surface area contributed by atoms with Crippen molar-refractivity contribution in [2.24, 2.45) is 0 Å². The Labute approximate surface area is 125 Å². The van der Waals surface area contributed by atoms with Crippen LogP contribution < -0.4 is 5.32 Å². The number of nitrogens with zero attached hydrogens (tertiary/aromatic N) is 3. The van der Waals surface area contributed by atoms with Gasteiger partial charge in [-0.1, -0.05) is 5.16 Å². The second kappa shape index (κ2) is 6.02. The predicted molar refractivity (Wildman–Crippen MR) is 77.4 cm³/mol. The van der Waals surface area contributed by atoms with E-state index in [1.165, 1.54) is 6.26 Å². The predicted octanol–water partition coefficient (Wildman–Crippen LogP) is 0.503. The van der Waals surface area contributed by atoms with Gasteiger partial charge in [-0.2, -0.15) is 4.98 Å². The largest absolute Gasteiger partial charge is 0.338 e. The molecule has 2 aliphatic heterocycles. The van der Waals surface area contributed by atoms with E-state index in [4.69, 9.17) is 4.52 Å². The van der Waals surface area contributed by atoms with E-state index in [1.807, 2.05) is 0 Å². The van der Waals surface area contributed by atoms with Gasteiger partial charge in [-0.15, -0.1) is 0 Å². The standard InChI is InChI=1S/C13H22N4O3S/c1-21(18,19)9-12-15-13(20-16-12)11-3-2-8-17(11)10-4-6-14-7-5-10/h10-11,14H,2-9H2,1H3. The summed E-state index contributed by atoms with van der Waals surface area (Å²) in [5.74, 6) is 0.686. The molecule has 2 saturated heterocycles. The molecule has 0 saturated carbocycles. The highest BCUT2D eigenvalue weighted by molar-refractivity contribution is 7.89. The van der Waals surface area contributed by atoms with E-state index in [0.29, 0.717) is 11.9 Å². The average Bonchev–Trinajstić information content (AvgIpc) is 3.06. The van der Waals surface area contributed by atoms with Crippen LogP contribution in [-0.4, -0.2) is 55.4 Å². The summed E-state index contributed by atoms with van der Waals surface area (Å²) in [6.07, 6.45) is 5.59. The maximum Gasteiger partial charge on any atom is 0.244 e. The SMILES string of the molecule is CS(=O)(=O)Cc1noc(C2CCCN2C2CCNCC2)n1. The molecule has 1 aromatic heterocycles. The number of hydrogen-bond donors (Lipinski definition) is 1. The van der Waals surface area contributed by atoms with E-state index < -0.39 is 9.84 Å². The van der Waals surface area contributed by atoms with Gasteiger partial charge in [-0.25, -0.2) is 8.42 Å². The maximum absolute atomic E-state index is 11.3. The summed E-state index contributed by atoms with van der Waals surface area (Å²) in [6, 6.07) is 0.706. The smallest absolute Gasteiger partial charge is 0.244 e. The lowest BCUT2D eigenvalue weighted by Gasteiger charge is -2.34. The number of aromatic nitrogens is 2. The van der Waals surface area contributed by atoms with Gasteiger partial charge in [0.15, 0.2) is 15.7 Å². The molecule has 21 heavy (non-hydrogen) atoms.